The zero-order chi connectivity index (χ0) is 12.0. The lowest BCUT2D eigenvalue weighted by Gasteiger charge is -2.00. The molecule has 3 heteroatoms. The molecule has 0 aliphatic rings. The standard InChI is InChI=1S/C13H14ClFO/c1-2-3-4-13(16)6-5-10-7-11(14)9-12(15)8-10/h7-9,13,16H,2-4H2,1H3. The number of hydrogen-bond acceptors (Lipinski definition) is 1. The Labute approximate surface area is 100 Å². The number of aliphatic hydroxyl groups excluding tert-OH is 1. The third kappa shape index (κ3) is 4.65. The minimum absolute atomic E-state index is 0.312. The van der Waals surface area contributed by atoms with Crippen LogP contribution in [0.5, 0.6) is 0 Å². The molecule has 1 atom stereocenters. The smallest absolute Gasteiger partial charge is 0.125 e. The summed E-state index contributed by atoms with van der Waals surface area (Å²) >= 11 is 5.68. The number of benzene rings is 1. The van der Waals surface area contributed by atoms with Gasteiger partial charge in [0.25, 0.3) is 0 Å². The Balaban J connectivity index is 2.68. The molecule has 0 saturated carbocycles. The van der Waals surface area contributed by atoms with Crippen LogP contribution in [0.2, 0.25) is 5.02 Å². The fraction of sp³-hybridized carbons (Fsp3) is 0.385. The minimum Gasteiger partial charge on any atom is -0.380 e. The zero-order valence-electron chi connectivity index (χ0n) is 9.13. The van der Waals surface area contributed by atoms with Crippen molar-refractivity contribution >= 4 is 11.6 Å². The molecule has 0 bridgehead atoms. The summed E-state index contributed by atoms with van der Waals surface area (Å²) < 4.78 is 12.9. The lowest BCUT2D eigenvalue weighted by Crippen LogP contribution is -2.01. The lowest BCUT2D eigenvalue weighted by atomic mass is 10.1. The maximum Gasteiger partial charge on any atom is 0.125 e. The Kier molecular flexibility index (Phi) is 5.31. The summed E-state index contributed by atoms with van der Waals surface area (Å²) in [7, 11) is 0. The molecular weight excluding hydrogens is 227 g/mol. The second kappa shape index (κ2) is 6.52. The molecule has 86 valence electrons. The number of rotatable bonds is 3. The van der Waals surface area contributed by atoms with E-state index in [0.717, 1.165) is 12.8 Å². The average molecular weight is 241 g/mol. The van der Waals surface area contributed by atoms with Crippen molar-refractivity contribution in [2.24, 2.45) is 0 Å². The van der Waals surface area contributed by atoms with Crippen LogP contribution in [0, 0.1) is 17.7 Å². The first kappa shape index (κ1) is 13.0. The van der Waals surface area contributed by atoms with Crippen molar-refractivity contribution in [2.45, 2.75) is 32.3 Å². The molecule has 1 unspecified atom stereocenters. The fourth-order valence-corrected chi connectivity index (χ4v) is 1.48. The summed E-state index contributed by atoms with van der Waals surface area (Å²) in [6.45, 7) is 2.05. The van der Waals surface area contributed by atoms with Gasteiger partial charge in [-0.15, -0.1) is 0 Å². The highest BCUT2D eigenvalue weighted by Gasteiger charge is 1.99. The van der Waals surface area contributed by atoms with E-state index >= 15 is 0 Å². The van der Waals surface area contributed by atoms with Crippen molar-refractivity contribution in [3.8, 4) is 11.8 Å². The SMILES string of the molecule is CCCCC(O)C#Cc1cc(F)cc(Cl)c1. The van der Waals surface area contributed by atoms with Gasteiger partial charge in [-0.3, -0.25) is 0 Å². The van der Waals surface area contributed by atoms with Crippen LogP contribution in [0.15, 0.2) is 18.2 Å². The van der Waals surface area contributed by atoms with E-state index in [0.29, 0.717) is 17.0 Å². The molecule has 0 aliphatic carbocycles. The van der Waals surface area contributed by atoms with Gasteiger partial charge in [0.1, 0.15) is 11.9 Å². The van der Waals surface area contributed by atoms with E-state index in [1.165, 1.54) is 12.1 Å². The predicted octanol–water partition coefficient (Wildman–Crippen LogP) is 3.38. The number of aliphatic hydroxyl groups is 1. The van der Waals surface area contributed by atoms with E-state index in [2.05, 4.69) is 11.8 Å². The third-order valence-corrected chi connectivity index (χ3v) is 2.30. The number of hydrogen-bond donors (Lipinski definition) is 1. The molecule has 16 heavy (non-hydrogen) atoms. The lowest BCUT2D eigenvalue weighted by molar-refractivity contribution is 0.218. The van der Waals surface area contributed by atoms with Gasteiger partial charge in [0.05, 0.1) is 0 Å². The van der Waals surface area contributed by atoms with Crippen molar-refractivity contribution < 1.29 is 9.50 Å². The summed E-state index contributed by atoms with van der Waals surface area (Å²) in [6.07, 6.45) is 1.94. The number of halogens is 2. The van der Waals surface area contributed by atoms with Gasteiger partial charge in [0.15, 0.2) is 0 Å². The van der Waals surface area contributed by atoms with Crippen LogP contribution < -0.4 is 0 Å². The molecule has 0 amide bonds. The molecule has 1 aromatic rings. The molecule has 1 nitrogen and oxygen atoms in total. The Morgan fingerprint density at radius 1 is 1.44 bits per heavy atom. The Morgan fingerprint density at radius 2 is 2.19 bits per heavy atom. The molecule has 1 N–H and O–H groups in total. The number of unbranched alkanes of at least 4 members (excludes halogenated alkanes) is 1. The maximum absolute atomic E-state index is 12.9. The molecule has 0 spiro atoms. The Bertz CT molecular complexity index is 386. The summed E-state index contributed by atoms with van der Waals surface area (Å²) in [5, 5.41) is 9.79. The van der Waals surface area contributed by atoms with E-state index < -0.39 is 11.9 Å². The van der Waals surface area contributed by atoms with Crippen LogP contribution >= 0.6 is 11.6 Å². The van der Waals surface area contributed by atoms with E-state index in [1.54, 1.807) is 6.07 Å². The van der Waals surface area contributed by atoms with Gasteiger partial charge in [0.2, 0.25) is 0 Å². The van der Waals surface area contributed by atoms with E-state index in [1.807, 2.05) is 6.92 Å². The summed E-state index contributed by atoms with van der Waals surface area (Å²) in [4.78, 5) is 0. The van der Waals surface area contributed by atoms with Crippen molar-refractivity contribution in [3.63, 3.8) is 0 Å². The van der Waals surface area contributed by atoms with Crippen LogP contribution in [0.4, 0.5) is 4.39 Å². The quantitative estimate of drug-likeness (QED) is 0.803. The van der Waals surface area contributed by atoms with Crippen LogP contribution in [0.3, 0.4) is 0 Å². The van der Waals surface area contributed by atoms with Crippen LogP contribution in [-0.4, -0.2) is 11.2 Å². The van der Waals surface area contributed by atoms with Crippen LogP contribution in [0.1, 0.15) is 31.7 Å². The predicted molar refractivity (Wildman–Crippen MR) is 63.8 cm³/mol. The topological polar surface area (TPSA) is 20.2 Å². The largest absolute Gasteiger partial charge is 0.380 e. The molecule has 1 rings (SSSR count). The van der Waals surface area contributed by atoms with Gasteiger partial charge in [-0.25, -0.2) is 4.39 Å². The zero-order valence-corrected chi connectivity index (χ0v) is 9.89. The summed E-state index contributed by atoms with van der Waals surface area (Å²) in [5.74, 6) is 4.96. The Morgan fingerprint density at radius 3 is 2.81 bits per heavy atom. The van der Waals surface area contributed by atoms with Gasteiger partial charge >= 0.3 is 0 Å². The average Bonchev–Trinajstić information content (AvgIpc) is 2.22. The third-order valence-electron chi connectivity index (χ3n) is 2.08. The summed E-state index contributed by atoms with van der Waals surface area (Å²) in [6, 6.07) is 4.09. The summed E-state index contributed by atoms with van der Waals surface area (Å²) in [5.41, 5.74) is 0.487. The molecule has 0 fully saturated rings. The molecule has 0 heterocycles. The maximum atomic E-state index is 12.9. The first-order valence-electron chi connectivity index (χ1n) is 5.27. The highest BCUT2D eigenvalue weighted by atomic mass is 35.5. The van der Waals surface area contributed by atoms with Gasteiger partial charge in [-0.2, -0.15) is 0 Å². The van der Waals surface area contributed by atoms with Gasteiger partial charge in [-0.05, 0) is 24.6 Å². The highest BCUT2D eigenvalue weighted by molar-refractivity contribution is 6.30. The molecule has 1 aromatic carbocycles. The monoisotopic (exact) mass is 240 g/mol. The normalized spacial score (nSPS) is 11.8. The first-order valence-corrected chi connectivity index (χ1v) is 5.65. The second-order valence-corrected chi connectivity index (χ2v) is 4.02. The van der Waals surface area contributed by atoms with Gasteiger partial charge in [0, 0.05) is 10.6 Å². The molecule has 0 aliphatic heterocycles. The van der Waals surface area contributed by atoms with Crippen LogP contribution in [0.25, 0.3) is 0 Å². The Hall–Kier alpha value is -1.04. The van der Waals surface area contributed by atoms with Crippen molar-refractivity contribution in [1.29, 1.82) is 0 Å². The molecule has 0 aromatic heterocycles. The van der Waals surface area contributed by atoms with Crippen molar-refractivity contribution in [1.82, 2.24) is 0 Å². The fourth-order valence-electron chi connectivity index (χ4n) is 1.26. The van der Waals surface area contributed by atoms with Gasteiger partial charge in [-0.1, -0.05) is 43.2 Å². The van der Waals surface area contributed by atoms with E-state index in [9.17, 15) is 9.50 Å². The minimum atomic E-state index is -0.651. The molecule has 0 radical (unpaired) electrons. The van der Waals surface area contributed by atoms with Crippen molar-refractivity contribution in [2.75, 3.05) is 0 Å². The van der Waals surface area contributed by atoms with E-state index in [4.69, 9.17) is 11.6 Å². The molecular formula is C13H14ClFO. The van der Waals surface area contributed by atoms with Gasteiger partial charge < -0.3 is 5.11 Å². The van der Waals surface area contributed by atoms with Crippen LogP contribution in [-0.2, 0) is 0 Å². The van der Waals surface area contributed by atoms with E-state index in [-0.39, 0.29) is 0 Å². The highest BCUT2D eigenvalue weighted by Crippen LogP contribution is 2.13. The second-order valence-electron chi connectivity index (χ2n) is 3.59. The first-order chi connectivity index (χ1) is 7.61. The van der Waals surface area contributed by atoms with Crippen molar-refractivity contribution in [3.05, 3.63) is 34.6 Å². The molecule has 0 saturated heterocycles.